The number of hydrogen-bond donors (Lipinski definition) is 0. The number of fused-ring (bicyclic) bond motifs is 4. The molecule has 40 heavy (non-hydrogen) atoms. The van der Waals surface area contributed by atoms with Crippen LogP contribution in [-0.4, -0.2) is 4.57 Å². The average Bonchev–Trinajstić information content (AvgIpc) is 3.30. The van der Waals surface area contributed by atoms with E-state index in [0.29, 0.717) is 5.92 Å². The monoisotopic (exact) mass is 517 g/mol. The van der Waals surface area contributed by atoms with E-state index in [-0.39, 0.29) is 5.41 Å². The van der Waals surface area contributed by atoms with E-state index in [1.165, 1.54) is 60.5 Å². The lowest BCUT2D eigenvalue weighted by Gasteiger charge is -2.35. The molecule has 6 aromatic rings. The van der Waals surface area contributed by atoms with E-state index in [1.807, 2.05) is 0 Å². The van der Waals surface area contributed by atoms with Gasteiger partial charge in [-0.15, -0.1) is 0 Å². The Labute approximate surface area is 237 Å². The Morgan fingerprint density at radius 2 is 1.32 bits per heavy atom. The van der Waals surface area contributed by atoms with E-state index in [2.05, 4.69) is 154 Å². The highest BCUT2D eigenvalue weighted by molar-refractivity contribution is 6.11. The van der Waals surface area contributed by atoms with E-state index < -0.39 is 0 Å². The molecule has 196 valence electrons. The highest BCUT2D eigenvalue weighted by Gasteiger charge is 2.30. The number of allylic oxidation sites excluding steroid dienone is 4. The maximum absolute atomic E-state index is 2.40. The first-order chi connectivity index (χ1) is 19.4. The van der Waals surface area contributed by atoms with Crippen molar-refractivity contribution >= 4 is 32.6 Å². The molecule has 0 spiro atoms. The topological polar surface area (TPSA) is 4.93 Å². The highest BCUT2D eigenvalue weighted by Crippen LogP contribution is 2.47. The molecule has 0 saturated carbocycles. The van der Waals surface area contributed by atoms with Crippen molar-refractivity contribution in [3.05, 3.63) is 138 Å². The number of hydrogen-bond acceptors (Lipinski definition) is 0. The smallest absolute Gasteiger partial charge is 0.0541 e. The van der Waals surface area contributed by atoms with Crippen LogP contribution in [0.15, 0.2) is 132 Å². The summed E-state index contributed by atoms with van der Waals surface area (Å²) in [6, 6.07) is 40.2. The predicted octanol–water partition coefficient (Wildman–Crippen LogP) is 11.0. The van der Waals surface area contributed by atoms with Gasteiger partial charge in [0.2, 0.25) is 0 Å². The molecule has 1 heterocycles. The highest BCUT2D eigenvalue weighted by atomic mass is 15.0. The summed E-state index contributed by atoms with van der Waals surface area (Å²) in [7, 11) is 0. The molecule has 1 aliphatic rings. The molecule has 0 N–H and O–H groups in total. The third-order valence-corrected chi connectivity index (χ3v) is 8.65. The van der Waals surface area contributed by atoms with Crippen molar-refractivity contribution in [2.24, 2.45) is 5.41 Å². The number of para-hydroxylation sites is 2. The van der Waals surface area contributed by atoms with Gasteiger partial charge in [0, 0.05) is 22.4 Å². The van der Waals surface area contributed by atoms with Gasteiger partial charge in [-0.25, -0.2) is 0 Å². The van der Waals surface area contributed by atoms with Gasteiger partial charge in [-0.1, -0.05) is 123 Å². The summed E-state index contributed by atoms with van der Waals surface area (Å²) in [5.41, 5.74) is 10.8. The molecule has 1 heteroatoms. The molecule has 0 fully saturated rings. The van der Waals surface area contributed by atoms with Crippen LogP contribution in [0.3, 0.4) is 0 Å². The summed E-state index contributed by atoms with van der Waals surface area (Å²) in [5, 5.41) is 5.26. The van der Waals surface area contributed by atoms with Gasteiger partial charge in [-0.3, -0.25) is 0 Å². The minimum absolute atomic E-state index is 0.122. The van der Waals surface area contributed by atoms with Gasteiger partial charge in [-0.05, 0) is 76.6 Å². The van der Waals surface area contributed by atoms with Crippen molar-refractivity contribution < 1.29 is 0 Å². The van der Waals surface area contributed by atoms with Crippen molar-refractivity contribution in [2.45, 2.75) is 40.0 Å². The van der Waals surface area contributed by atoms with Crippen molar-refractivity contribution in [3.8, 4) is 16.8 Å². The molecule has 1 atom stereocenters. The summed E-state index contributed by atoms with van der Waals surface area (Å²) in [6.45, 7) is 9.35. The van der Waals surface area contributed by atoms with E-state index in [0.717, 1.165) is 6.42 Å². The van der Waals surface area contributed by atoms with Crippen LogP contribution in [-0.2, 0) is 0 Å². The number of rotatable bonds is 3. The summed E-state index contributed by atoms with van der Waals surface area (Å²) in [4.78, 5) is 0. The zero-order valence-corrected chi connectivity index (χ0v) is 23.8. The van der Waals surface area contributed by atoms with Crippen molar-refractivity contribution in [1.29, 1.82) is 0 Å². The van der Waals surface area contributed by atoms with Crippen LogP contribution >= 0.6 is 0 Å². The van der Waals surface area contributed by atoms with Crippen LogP contribution in [0.5, 0.6) is 0 Å². The summed E-state index contributed by atoms with van der Waals surface area (Å²) in [6.07, 6.45) is 5.72. The predicted molar refractivity (Wildman–Crippen MR) is 172 cm³/mol. The van der Waals surface area contributed by atoms with Crippen molar-refractivity contribution in [1.82, 2.24) is 4.57 Å². The van der Waals surface area contributed by atoms with Crippen molar-refractivity contribution in [3.63, 3.8) is 0 Å². The molecule has 0 aliphatic heterocycles. The molecule has 0 radical (unpaired) electrons. The second-order valence-electron chi connectivity index (χ2n) is 12.2. The fourth-order valence-electron chi connectivity index (χ4n) is 7.13. The Morgan fingerprint density at radius 1 is 0.650 bits per heavy atom. The molecule has 7 rings (SSSR count). The molecule has 5 aromatic carbocycles. The second-order valence-corrected chi connectivity index (χ2v) is 12.2. The van der Waals surface area contributed by atoms with Gasteiger partial charge in [0.1, 0.15) is 0 Å². The lowest BCUT2D eigenvalue weighted by molar-refractivity contribution is 0.456. The first-order valence-corrected chi connectivity index (χ1v) is 14.4. The Morgan fingerprint density at radius 3 is 2.10 bits per heavy atom. The number of nitrogens with zero attached hydrogens (tertiary/aromatic N) is 1. The summed E-state index contributed by atoms with van der Waals surface area (Å²) < 4.78 is 2.38. The Bertz CT molecular complexity index is 1960. The molecule has 1 aromatic heterocycles. The van der Waals surface area contributed by atoms with Gasteiger partial charge in [0.05, 0.1) is 11.0 Å². The molecular weight excluding hydrogens is 482 g/mol. The fraction of sp³-hybridized carbons (Fsp3) is 0.179. The lowest BCUT2D eigenvalue weighted by atomic mass is 9.70. The SMILES string of the molecule is CC1=C(C(C)(C)C)C(c2ccc(-c3ccc4c(c3)c3ccccc3n4-c3ccccc3)c3ccccc23)CC=C1. The standard InChI is InChI=1S/C39H35N/c1-26-13-12-19-34(38(26)39(2,3)4)32-23-22-29(30-16-8-9-17-31(30)32)27-21-24-37-35(25-27)33-18-10-11-20-36(33)40(37)28-14-6-5-7-15-28/h5-18,20-25,34H,19H2,1-4H3. The van der Waals surface area contributed by atoms with Crippen LogP contribution in [0, 0.1) is 5.41 Å². The molecule has 1 aliphatic carbocycles. The summed E-state index contributed by atoms with van der Waals surface area (Å²) in [5.74, 6) is 0.398. The Hall–Kier alpha value is -4.36. The molecular formula is C39H35N. The number of aromatic nitrogens is 1. The number of benzene rings is 5. The Kier molecular flexibility index (Phi) is 5.78. The minimum atomic E-state index is 0.122. The molecule has 1 unspecified atom stereocenters. The minimum Gasteiger partial charge on any atom is -0.309 e. The normalized spacial score (nSPS) is 15.9. The van der Waals surface area contributed by atoms with Gasteiger partial charge in [0.25, 0.3) is 0 Å². The van der Waals surface area contributed by atoms with Gasteiger partial charge < -0.3 is 4.57 Å². The summed E-state index contributed by atoms with van der Waals surface area (Å²) >= 11 is 0. The lowest BCUT2D eigenvalue weighted by Crippen LogP contribution is -2.20. The van der Waals surface area contributed by atoms with Gasteiger partial charge in [-0.2, -0.15) is 0 Å². The largest absolute Gasteiger partial charge is 0.309 e. The zero-order valence-electron chi connectivity index (χ0n) is 23.8. The van der Waals surface area contributed by atoms with Crippen molar-refractivity contribution in [2.75, 3.05) is 0 Å². The van der Waals surface area contributed by atoms with Gasteiger partial charge >= 0.3 is 0 Å². The molecule has 0 saturated heterocycles. The first kappa shape index (κ1) is 24.7. The molecule has 0 amide bonds. The quantitative estimate of drug-likeness (QED) is 0.220. The van der Waals surface area contributed by atoms with Crippen LogP contribution in [0.1, 0.15) is 45.6 Å². The first-order valence-electron chi connectivity index (χ1n) is 14.4. The van der Waals surface area contributed by atoms with Crippen LogP contribution < -0.4 is 0 Å². The van der Waals surface area contributed by atoms with Crippen LogP contribution in [0.25, 0.3) is 49.4 Å². The fourth-order valence-corrected chi connectivity index (χ4v) is 7.13. The van der Waals surface area contributed by atoms with Crippen LogP contribution in [0.4, 0.5) is 0 Å². The van der Waals surface area contributed by atoms with E-state index >= 15 is 0 Å². The van der Waals surface area contributed by atoms with E-state index in [1.54, 1.807) is 5.57 Å². The molecule has 0 bridgehead atoms. The third-order valence-electron chi connectivity index (χ3n) is 8.65. The Balaban J connectivity index is 1.43. The third kappa shape index (κ3) is 3.92. The maximum Gasteiger partial charge on any atom is 0.0541 e. The van der Waals surface area contributed by atoms with E-state index in [4.69, 9.17) is 0 Å². The second kappa shape index (κ2) is 9.38. The maximum atomic E-state index is 2.40. The zero-order chi connectivity index (χ0) is 27.4. The van der Waals surface area contributed by atoms with Crippen LogP contribution in [0.2, 0.25) is 0 Å². The molecule has 1 nitrogen and oxygen atoms in total. The average molecular weight is 518 g/mol. The van der Waals surface area contributed by atoms with Gasteiger partial charge in [0.15, 0.2) is 0 Å². The van der Waals surface area contributed by atoms with E-state index in [9.17, 15) is 0 Å².